The van der Waals surface area contributed by atoms with Crippen molar-refractivity contribution < 1.29 is 4.79 Å². The molecule has 4 heteroatoms. The van der Waals surface area contributed by atoms with Crippen LogP contribution in [0.3, 0.4) is 0 Å². The molecule has 15 heavy (non-hydrogen) atoms. The fraction of sp³-hybridized carbons (Fsp3) is 0.364. The number of carbonyl (C=O) groups is 1. The Morgan fingerprint density at radius 1 is 1.40 bits per heavy atom. The van der Waals surface area contributed by atoms with Gasteiger partial charge >= 0.3 is 0 Å². The van der Waals surface area contributed by atoms with Gasteiger partial charge in [-0.05, 0) is 43.4 Å². The van der Waals surface area contributed by atoms with E-state index >= 15 is 0 Å². The van der Waals surface area contributed by atoms with Crippen molar-refractivity contribution in [3.05, 3.63) is 23.3 Å². The lowest BCUT2D eigenvalue weighted by molar-refractivity contribution is -0.113. The zero-order chi connectivity index (χ0) is 11.4. The first-order valence-electron chi connectivity index (χ1n) is 4.70. The Morgan fingerprint density at radius 3 is 2.40 bits per heavy atom. The Labute approximate surface area is 94.4 Å². The van der Waals surface area contributed by atoms with Gasteiger partial charge in [0, 0.05) is 11.4 Å². The molecule has 0 aromatic heterocycles. The average molecular weight is 224 g/mol. The van der Waals surface area contributed by atoms with E-state index in [1.165, 1.54) is 11.8 Å². The summed E-state index contributed by atoms with van der Waals surface area (Å²) in [4.78, 5) is 11.4. The highest BCUT2D eigenvalue weighted by molar-refractivity contribution is 7.99. The molecule has 0 radical (unpaired) electrons. The normalized spacial score (nSPS) is 10.1. The van der Waals surface area contributed by atoms with Crippen LogP contribution in [0.25, 0.3) is 0 Å². The summed E-state index contributed by atoms with van der Waals surface area (Å²) in [6, 6.07) is 3.73. The fourth-order valence-electron chi connectivity index (χ4n) is 1.50. The summed E-state index contributed by atoms with van der Waals surface area (Å²) in [7, 11) is 0. The molecule has 0 bridgehead atoms. The number of nitrogens with one attached hydrogen (secondary N) is 1. The molecule has 1 aromatic carbocycles. The van der Waals surface area contributed by atoms with E-state index in [9.17, 15) is 4.79 Å². The van der Waals surface area contributed by atoms with E-state index in [2.05, 4.69) is 5.32 Å². The lowest BCUT2D eigenvalue weighted by Crippen LogP contribution is -2.15. The maximum absolute atomic E-state index is 11.4. The Balaban J connectivity index is 2.90. The maximum Gasteiger partial charge on any atom is 0.234 e. The quantitative estimate of drug-likeness (QED) is 0.774. The average Bonchev–Trinajstić information content (AvgIpc) is 2.11. The molecule has 0 saturated heterocycles. The van der Waals surface area contributed by atoms with E-state index in [0.29, 0.717) is 5.75 Å². The molecule has 82 valence electrons. The summed E-state index contributed by atoms with van der Waals surface area (Å²) < 4.78 is 0. The number of amides is 1. The molecule has 3 N–H and O–H groups in total. The van der Waals surface area contributed by atoms with E-state index in [4.69, 9.17) is 5.73 Å². The van der Waals surface area contributed by atoms with Crippen molar-refractivity contribution in [1.29, 1.82) is 0 Å². The zero-order valence-electron chi connectivity index (χ0n) is 9.26. The van der Waals surface area contributed by atoms with Crippen molar-refractivity contribution in [1.82, 2.24) is 0 Å². The van der Waals surface area contributed by atoms with Crippen LogP contribution in [0, 0.1) is 13.8 Å². The summed E-state index contributed by atoms with van der Waals surface area (Å²) in [5, 5.41) is 2.89. The molecule has 1 amide bonds. The number of thioether (sulfide) groups is 1. The second-order valence-corrected chi connectivity index (χ2v) is 4.38. The van der Waals surface area contributed by atoms with Gasteiger partial charge in [-0.1, -0.05) is 0 Å². The monoisotopic (exact) mass is 224 g/mol. The van der Waals surface area contributed by atoms with E-state index < -0.39 is 0 Å². The molecule has 3 nitrogen and oxygen atoms in total. The second-order valence-electron chi connectivity index (χ2n) is 3.51. The standard InChI is InChI=1S/C11H16N2OS/c1-7-4-9(12)5-8(2)11(7)13-10(14)6-15-3/h4-5H,6,12H2,1-3H3,(H,13,14). The molecule has 0 fully saturated rings. The number of rotatable bonds is 3. The van der Waals surface area contributed by atoms with Crippen LogP contribution in [0.2, 0.25) is 0 Å². The molecule has 0 atom stereocenters. The van der Waals surface area contributed by atoms with Crippen LogP contribution in [0.5, 0.6) is 0 Å². The van der Waals surface area contributed by atoms with Gasteiger partial charge in [-0.3, -0.25) is 4.79 Å². The highest BCUT2D eigenvalue weighted by Crippen LogP contribution is 2.23. The van der Waals surface area contributed by atoms with Crippen LogP contribution in [-0.2, 0) is 4.79 Å². The van der Waals surface area contributed by atoms with Crippen molar-refractivity contribution in [2.45, 2.75) is 13.8 Å². The third kappa shape index (κ3) is 3.16. The van der Waals surface area contributed by atoms with Crippen LogP contribution >= 0.6 is 11.8 Å². The fourth-order valence-corrected chi connectivity index (χ4v) is 1.84. The Bertz CT molecular complexity index is 354. The summed E-state index contributed by atoms with van der Waals surface area (Å²) in [6.07, 6.45) is 1.91. The summed E-state index contributed by atoms with van der Waals surface area (Å²) in [5.41, 5.74) is 9.31. The Kier molecular flexibility index (Phi) is 4.03. The molecule has 1 rings (SSSR count). The third-order valence-corrected chi connectivity index (χ3v) is 2.65. The molecule has 1 aromatic rings. The van der Waals surface area contributed by atoms with Gasteiger partial charge in [0.1, 0.15) is 0 Å². The van der Waals surface area contributed by atoms with Gasteiger partial charge in [0.15, 0.2) is 0 Å². The highest BCUT2D eigenvalue weighted by atomic mass is 32.2. The smallest absolute Gasteiger partial charge is 0.234 e. The first kappa shape index (κ1) is 11.9. The topological polar surface area (TPSA) is 55.1 Å². The highest BCUT2D eigenvalue weighted by Gasteiger charge is 2.07. The van der Waals surface area contributed by atoms with Gasteiger partial charge < -0.3 is 11.1 Å². The number of benzene rings is 1. The molecule has 0 aliphatic carbocycles. The third-order valence-electron chi connectivity index (χ3n) is 2.09. The van der Waals surface area contributed by atoms with Crippen molar-refractivity contribution >= 4 is 29.0 Å². The molecule has 0 aliphatic rings. The van der Waals surface area contributed by atoms with Crippen molar-refractivity contribution in [3.8, 4) is 0 Å². The second kappa shape index (κ2) is 5.07. The van der Waals surface area contributed by atoms with Gasteiger partial charge in [-0.25, -0.2) is 0 Å². The number of aryl methyl sites for hydroxylation is 2. The molecule has 0 saturated carbocycles. The zero-order valence-corrected chi connectivity index (χ0v) is 10.1. The first-order chi connectivity index (χ1) is 7.04. The lowest BCUT2D eigenvalue weighted by Gasteiger charge is -2.12. The molecule has 0 heterocycles. The van der Waals surface area contributed by atoms with E-state index in [-0.39, 0.29) is 5.91 Å². The van der Waals surface area contributed by atoms with Gasteiger partial charge in [-0.15, -0.1) is 0 Å². The lowest BCUT2D eigenvalue weighted by atomic mass is 10.1. The van der Waals surface area contributed by atoms with Crippen molar-refractivity contribution in [2.75, 3.05) is 23.1 Å². The molecule has 0 aliphatic heterocycles. The number of anilines is 2. The largest absolute Gasteiger partial charge is 0.399 e. The molecule has 0 unspecified atom stereocenters. The summed E-state index contributed by atoms with van der Waals surface area (Å²) >= 11 is 1.51. The summed E-state index contributed by atoms with van der Waals surface area (Å²) in [5.74, 6) is 0.502. The van der Waals surface area contributed by atoms with Crippen LogP contribution in [-0.4, -0.2) is 17.9 Å². The summed E-state index contributed by atoms with van der Waals surface area (Å²) in [6.45, 7) is 3.89. The molecular formula is C11H16N2OS. The number of nitrogen functional groups attached to an aromatic ring is 1. The predicted octanol–water partition coefficient (Wildman–Crippen LogP) is 2.19. The van der Waals surface area contributed by atoms with Crippen molar-refractivity contribution in [2.24, 2.45) is 0 Å². The van der Waals surface area contributed by atoms with Crippen LogP contribution in [0.1, 0.15) is 11.1 Å². The number of hydrogen-bond donors (Lipinski definition) is 2. The number of nitrogens with two attached hydrogens (primary N) is 1. The van der Waals surface area contributed by atoms with Gasteiger partial charge in [0.05, 0.1) is 5.75 Å². The van der Waals surface area contributed by atoms with Gasteiger partial charge in [0.25, 0.3) is 0 Å². The number of hydrogen-bond acceptors (Lipinski definition) is 3. The van der Waals surface area contributed by atoms with E-state index in [0.717, 1.165) is 22.5 Å². The Morgan fingerprint density at radius 2 is 1.93 bits per heavy atom. The van der Waals surface area contributed by atoms with Crippen LogP contribution in [0.15, 0.2) is 12.1 Å². The molecular weight excluding hydrogens is 208 g/mol. The van der Waals surface area contributed by atoms with Gasteiger partial charge in [-0.2, -0.15) is 11.8 Å². The van der Waals surface area contributed by atoms with Crippen LogP contribution in [0.4, 0.5) is 11.4 Å². The number of carbonyl (C=O) groups excluding carboxylic acids is 1. The SMILES string of the molecule is CSCC(=O)Nc1c(C)cc(N)cc1C. The first-order valence-corrected chi connectivity index (χ1v) is 6.09. The minimum Gasteiger partial charge on any atom is -0.399 e. The van der Waals surface area contributed by atoms with Crippen molar-refractivity contribution in [3.63, 3.8) is 0 Å². The van der Waals surface area contributed by atoms with Gasteiger partial charge in [0.2, 0.25) is 5.91 Å². The predicted molar refractivity (Wildman–Crippen MR) is 67.3 cm³/mol. The van der Waals surface area contributed by atoms with E-state index in [1.54, 1.807) is 0 Å². The molecule has 0 spiro atoms. The minimum absolute atomic E-state index is 0.0264. The minimum atomic E-state index is 0.0264. The van der Waals surface area contributed by atoms with E-state index in [1.807, 2.05) is 32.2 Å². The Hall–Kier alpha value is -1.16. The van der Waals surface area contributed by atoms with Crippen LogP contribution < -0.4 is 11.1 Å². The maximum atomic E-state index is 11.4.